The average molecular weight is 279 g/mol. The van der Waals surface area contributed by atoms with Crippen LogP contribution in [0.1, 0.15) is 47.0 Å². The topological polar surface area (TPSA) is 74.2 Å². The summed E-state index contributed by atoms with van der Waals surface area (Å²) in [6.45, 7) is 0.396. The number of hydrogen-bond acceptors (Lipinski definition) is 6. The molecule has 2 aromatic rings. The normalized spacial score (nSPS) is 20.2. The first-order valence-corrected chi connectivity index (χ1v) is 7.32. The van der Waals surface area contributed by atoms with Crippen molar-refractivity contribution in [3.05, 3.63) is 33.6 Å². The molecule has 6 heteroatoms. The van der Waals surface area contributed by atoms with Gasteiger partial charge in [0.1, 0.15) is 0 Å². The highest BCUT2D eigenvalue weighted by molar-refractivity contribution is 7.10. The molecule has 0 aliphatic heterocycles. The highest BCUT2D eigenvalue weighted by Crippen LogP contribution is 2.38. The molecule has 5 nitrogen and oxygen atoms in total. The van der Waals surface area contributed by atoms with E-state index >= 15 is 0 Å². The molecule has 0 saturated carbocycles. The molecule has 19 heavy (non-hydrogen) atoms. The van der Waals surface area contributed by atoms with Crippen LogP contribution in [0, 0.1) is 0 Å². The van der Waals surface area contributed by atoms with E-state index in [-0.39, 0.29) is 12.0 Å². The predicted octanol–water partition coefficient (Wildman–Crippen LogP) is 2.25. The van der Waals surface area contributed by atoms with Crippen molar-refractivity contribution in [1.82, 2.24) is 10.1 Å². The van der Waals surface area contributed by atoms with Crippen LogP contribution in [-0.4, -0.2) is 23.9 Å². The van der Waals surface area contributed by atoms with Gasteiger partial charge in [0, 0.05) is 12.0 Å². The number of thiophene rings is 1. The van der Waals surface area contributed by atoms with Crippen molar-refractivity contribution in [3.63, 3.8) is 0 Å². The summed E-state index contributed by atoms with van der Waals surface area (Å²) in [5.41, 5.74) is 7.25. The summed E-state index contributed by atoms with van der Waals surface area (Å²) in [4.78, 5) is 5.89. The van der Waals surface area contributed by atoms with Crippen molar-refractivity contribution in [2.75, 3.05) is 13.7 Å². The quantitative estimate of drug-likeness (QED) is 0.929. The van der Waals surface area contributed by atoms with E-state index in [0.717, 1.165) is 12.8 Å². The molecule has 2 heterocycles. The molecule has 0 spiro atoms. The summed E-state index contributed by atoms with van der Waals surface area (Å²) in [6.07, 6.45) is 3.39. The fraction of sp³-hybridized carbons (Fsp3) is 0.538. The smallest absolute Gasteiger partial charge is 0.234 e. The van der Waals surface area contributed by atoms with Crippen LogP contribution in [0.5, 0.6) is 0 Å². The van der Waals surface area contributed by atoms with Crippen molar-refractivity contribution in [3.8, 4) is 0 Å². The summed E-state index contributed by atoms with van der Waals surface area (Å²) in [5.74, 6) is 1.44. The van der Waals surface area contributed by atoms with Gasteiger partial charge in [-0.1, -0.05) is 5.16 Å². The van der Waals surface area contributed by atoms with E-state index in [4.69, 9.17) is 15.0 Å². The number of rotatable bonds is 4. The summed E-state index contributed by atoms with van der Waals surface area (Å²) in [7, 11) is 1.61. The van der Waals surface area contributed by atoms with Crippen molar-refractivity contribution >= 4 is 11.3 Å². The Morgan fingerprint density at radius 2 is 2.53 bits per heavy atom. The lowest BCUT2D eigenvalue weighted by molar-refractivity contribution is 0.177. The van der Waals surface area contributed by atoms with Crippen LogP contribution < -0.4 is 5.73 Å². The molecule has 1 aliphatic carbocycles. The molecule has 0 fully saturated rings. The first-order valence-electron chi connectivity index (χ1n) is 6.44. The van der Waals surface area contributed by atoms with Gasteiger partial charge in [0.25, 0.3) is 0 Å². The molecular weight excluding hydrogens is 262 g/mol. The van der Waals surface area contributed by atoms with Crippen LogP contribution in [0.15, 0.2) is 16.0 Å². The minimum atomic E-state index is -0.326. The van der Waals surface area contributed by atoms with E-state index in [1.807, 2.05) is 11.3 Å². The van der Waals surface area contributed by atoms with Crippen molar-refractivity contribution in [2.24, 2.45) is 5.73 Å². The fourth-order valence-electron chi connectivity index (χ4n) is 2.54. The molecule has 2 aromatic heterocycles. The summed E-state index contributed by atoms with van der Waals surface area (Å²) >= 11 is 1.81. The standard InChI is InChI=1S/C13H17N3O2S/c1-17-7-10(14)12-15-13(18-16-12)9-3-2-4-11-8(9)5-6-19-11/h5-6,9-10H,2-4,7,14H2,1H3. The van der Waals surface area contributed by atoms with E-state index in [2.05, 4.69) is 21.6 Å². The second kappa shape index (κ2) is 5.40. The van der Waals surface area contributed by atoms with E-state index < -0.39 is 0 Å². The van der Waals surface area contributed by atoms with Gasteiger partial charge in [-0.2, -0.15) is 4.98 Å². The third kappa shape index (κ3) is 2.43. The number of fused-ring (bicyclic) bond motifs is 1. The zero-order valence-corrected chi connectivity index (χ0v) is 11.7. The van der Waals surface area contributed by atoms with E-state index in [0.29, 0.717) is 18.3 Å². The van der Waals surface area contributed by atoms with Gasteiger partial charge in [-0.3, -0.25) is 0 Å². The number of methoxy groups -OCH3 is 1. The molecule has 2 unspecified atom stereocenters. The Kier molecular flexibility index (Phi) is 3.63. The zero-order chi connectivity index (χ0) is 13.2. The second-order valence-corrected chi connectivity index (χ2v) is 5.80. The first kappa shape index (κ1) is 12.8. The maximum atomic E-state index is 5.92. The summed E-state index contributed by atoms with van der Waals surface area (Å²) < 4.78 is 10.4. The summed E-state index contributed by atoms with van der Waals surface area (Å²) in [5, 5.41) is 6.12. The highest BCUT2D eigenvalue weighted by Gasteiger charge is 2.28. The number of aryl methyl sites for hydroxylation is 1. The average Bonchev–Trinajstić information content (AvgIpc) is 3.07. The van der Waals surface area contributed by atoms with Gasteiger partial charge in [0.15, 0.2) is 5.82 Å². The molecule has 0 aromatic carbocycles. The lowest BCUT2D eigenvalue weighted by Crippen LogP contribution is -2.18. The number of nitrogens with two attached hydrogens (primary N) is 1. The van der Waals surface area contributed by atoms with Crippen LogP contribution >= 0.6 is 11.3 Å². The molecule has 0 bridgehead atoms. The molecule has 2 atom stereocenters. The third-order valence-corrected chi connectivity index (χ3v) is 4.48. The maximum absolute atomic E-state index is 5.92. The van der Waals surface area contributed by atoms with E-state index in [9.17, 15) is 0 Å². The van der Waals surface area contributed by atoms with Crippen molar-refractivity contribution in [1.29, 1.82) is 0 Å². The lowest BCUT2D eigenvalue weighted by Gasteiger charge is -2.18. The van der Waals surface area contributed by atoms with Crippen molar-refractivity contribution < 1.29 is 9.26 Å². The minimum Gasteiger partial charge on any atom is -0.383 e. The molecule has 0 amide bonds. The molecule has 3 rings (SSSR count). The maximum Gasteiger partial charge on any atom is 0.234 e. The minimum absolute atomic E-state index is 0.228. The van der Waals surface area contributed by atoms with Gasteiger partial charge in [0.05, 0.1) is 18.6 Å². The van der Waals surface area contributed by atoms with Gasteiger partial charge >= 0.3 is 0 Å². The van der Waals surface area contributed by atoms with Crippen LogP contribution in [0.25, 0.3) is 0 Å². The lowest BCUT2D eigenvalue weighted by atomic mass is 9.88. The Labute approximate surface area is 115 Å². The molecule has 102 valence electrons. The van der Waals surface area contributed by atoms with Gasteiger partial charge in [-0.25, -0.2) is 0 Å². The zero-order valence-electron chi connectivity index (χ0n) is 10.8. The SMILES string of the molecule is COCC(N)c1noc(C2CCCc3sccc32)n1. The number of nitrogens with zero attached hydrogens (tertiary/aromatic N) is 2. The monoisotopic (exact) mass is 279 g/mol. The third-order valence-electron chi connectivity index (χ3n) is 3.49. The van der Waals surface area contributed by atoms with Crippen LogP contribution in [-0.2, 0) is 11.2 Å². The Morgan fingerprint density at radius 1 is 1.63 bits per heavy atom. The van der Waals surface area contributed by atoms with Gasteiger partial charge in [0.2, 0.25) is 5.89 Å². The van der Waals surface area contributed by atoms with Crippen LogP contribution in [0.3, 0.4) is 0 Å². The summed E-state index contributed by atoms with van der Waals surface area (Å²) in [6, 6.07) is 1.84. The van der Waals surface area contributed by atoms with E-state index in [1.165, 1.54) is 16.9 Å². The predicted molar refractivity (Wildman–Crippen MR) is 72.2 cm³/mol. The second-order valence-electron chi connectivity index (χ2n) is 4.80. The van der Waals surface area contributed by atoms with Gasteiger partial charge < -0.3 is 15.0 Å². The Bertz CT molecular complexity index is 552. The molecule has 1 aliphatic rings. The molecular formula is C13H17N3O2S. The molecule has 0 saturated heterocycles. The number of hydrogen-bond donors (Lipinski definition) is 1. The van der Waals surface area contributed by atoms with Crippen molar-refractivity contribution in [2.45, 2.75) is 31.2 Å². The fourth-order valence-corrected chi connectivity index (χ4v) is 3.52. The molecule has 2 N–H and O–H groups in total. The van der Waals surface area contributed by atoms with Gasteiger partial charge in [-0.05, 0) is 36.3 Å². The Morgan fingerprint density at radius 3 is 3.37 bits per heavy atom. The first-order chi connectivity index (χ1) is 9.29. The van der Waals surface area contributed by atoms with E-state index in [1.54, 1.807) is 7.11 Å². The number of aromatic nitrogens is 2. The number of ether oxygens (including phenoxy) is 1. The Hall–Kier alpha value is -1.24. The van der Waals surface area contributed by atoms with Gasteiger partial charge in [-0.15, -0.1) is 11.3 Å². The van der Waals surface area contributed by atoms with Crippen LogP contribution in [0.2, 0.25) is 0 Å². The Balaban J connectivity index is 1.84. The molecule has 0 radical (unpaired) electrons. The largest absolute Gasteiger partial charge is 0.383 e. The van der Waals surface area contributed by atoms with Crippen LogP contribution in [0.4, 0.5) is 0 Å². The highest BCUT2D eigenvalue weighted by atomic mass is 32.1.